The number of carbonyl (C=O) groups excluding carboxylic acids is 2. The van der Waals surface area contributed by atoms with Gasteiger partial charge in [0, 0.05) is 0 Å². The second-order valence-electron chi connectivity index (χ2n) is 6.12. The van der Waals surface area contributed by atoms with Gasteiger partial charge in [-0.2, -0.15) is 0 Å². The van der Waals surface area contributed by atoms with E-state index in [0.29, 0.717) is 28.2 Å². The van der Waals surface area contributed by atoms with Crippen LogP contribution in [0.3, 0.4) is 0 Å². The lowest BCUT2D eigenvalue weighted by Crippen LogP contribution is -2.42. The fourth-order valence-corrected chi connectivity index (χ4v) is 4.01. The van der Waals surface area contributed by atoms with Crippen LogP contribution in [0.4, 0.5) is 0 Å². The lowest BCUT2D eigenvalue weighted by Gasteiger charge is -2.10. The van der Waals surface area contributed by atoms with Gasteiger partial charge in [-0.05, 0) is 29.1 Å². The number of aromatic nitrogens is 3. The Kier molecular flexibility index (Phi) is 6.26. The van der Waals surface area contributed by atoms with E-state index in [1.807, 2.05) is 41.0 Å². The molecule has 1 aromatic carbocycles. The molecule has 0 saturated heterocycles. The van der Waals surface area contributed by atoms with E-state index in [4.69, 9.17) is 4.42 Å². The molecule has 30 heavy (non-hydrogen) atoms. The quantitative estimate of drug-likeness (QED) is 0.339. The number of rotatable bonds is 7. The molecule has 152 valence electrons. The van der Waals surface area contributed by atoms with Crippen LogP contribution in [0.15, 0.2) is 75.8 Å². The molecule has 3 aromatic heterocycles. The van der Waals surface area contributed by atoms with Crippen LogP contribution in [0.1, 0.15) is 15.2 Å². The van der Waals surface area contributed by atoms with Gasteiger partial charge in [-0.25, -0.2) is 0 Å². The third kappa shape index (κ3) is 4.78. The molecule has 0 atom stereocenters. The average Bonchev–Trinajstić information content (AvgIpc) is 3.53. The molecule has 0 aliphatic rings. The van der Waals surface area contributed by atoms with E-state index in [1.54, 1.807) is 29.8 Å². The van der Waals surface area contributed by atoms with Crippen LogP contribution in [0.25, 0.3) is 11.6 Å². The minimum atomic E-state index is -0.351. The highest BCUT2D eigenvalue weighted by atomic mass is 32.2. The van der Waals surface area contributed by atoms with Gasteiger partial charge in [0.15, 0.2) is 10.9 Å². The minimum absolute atomic E-state index is 0.0653. The van der Waals surface area contributed by atoms with Crippen molar-refractivity contribution in [1.29, 1.82) is 0 Å². The van der Waals surface area contributed by atoms with Gasteiger partial charge < -0.3 is 4.42 Å². The number of benzene rings is 1. The summed E-state index contributed by atoms with van der Waals surface area (Å²) >= 11 is 2.53. The number of hydrogen-bond donors (Lipinski definition) is 2. The zero-order chi connectivity index (χ0) is 20.8. The number of nitrogens with zero attached hydrogens (tertiary/aromatic N) is 3. The largest absolute Gasteiger partial charge is 0.461 e. The molecule has 0 radical (unpaired) electrons. The molecule has 10 heteroatoms. The van der Waals surface area contributed by atoms with Crippen molar-refractivity contribution in [2.75, 3.05) is 5.75 Å². The topological polar surface area (TPSA) is 102 Å². The van der Waals surface area contributed by atoms with Crippen molar-refractivity contribution in [3.63, 3.8) is 0 Å². The first-order valence-electron chi connectivity index (χ1n) is 8.97. The molecule has 2 N–H and O–H groups in total. The summed E-state index contributed by atoms with van der Waals surface area (Å²) in [5, 5.41) is 10.8. The third-order valence-electron chi connectivity index (χ3n) is 4.03. The highest BCUT2D eigenvalue weighted by Crippen LogP contribution is 2.25. The fourth-order valence-electron chi connectivity index (χ4n) is 2.65. The standard InChI is InChI=1S/C20H17N5O3S2/c26-17(21-23-19(27)16-9-5-11-29-16)13-30-20-24-22-18(15-8-4-10-28-15)25(20)12-14-6-2-1-3-7-14/h1-11H,12-13H2,(H,21,26)(H,23,27). The van der Waals surface area contributed by atoms with Crippen LogP contribution in [-0.4, -0.2) is 32.3 Å². The van der Waals surface area contributed by atoms with Gasteiger partial charge in [0.25, 0.3) is 5.91 Å². The van der Waals surface area contributed by atoms with Crippen molar-refractivity contribution in [1.82, 2.24) is 25.6 Å². The maximum atomic E-state index is 12.2. The van der Waals surface area contributed by atoms with Crippen molar-refractivity contribution in [2.24, 2.45) is 0 Å². The summed E-state index contributed by atoms with van der Waals surface area (Å²) in [7, 11) is 0. The predicted molar refractivity (Wildman–Crippen MR) is 114 cm³/mol. The number of amides is 2. The zero-order valence-corrected chi connectivity index (χ0v) is 17.3. The highest BCUT2D eigenvalue weighted by molar-refractivity contribution is 7.99. The van der Waals surface area contributed by atoms with Crippen LogP contribution in [0.2, 0.25) is 0 Å². The molecule has 2 amide bonds. The van der Waals surface area contributed by atoms with E-state index in [2.05, 4.69) is 21.0 Å². The van der Waals surface area contributed by atoms with E-state index in [0.717, 1.165) is 5.56 Å². The van der Waals surface area contributed by atoms with Crippen molar-refractivity contribution >= 4 is 34.9 Å². The minimum Gasteiger partial charge on any atom is -0.461 e. The fraction of sp³-hybridized carbons (Fsp3) is 0.100. The second-order valence-corrected chi connectivity index (χ2v) is 8.01. The Hall–Kier alpha value is -3.37. The molecule has 8 nitrogen and oxygen atoms in total. The Morgan fingerprint density at radius 2 is 1.90 bits per heavy atom. The first-order chi connectivity index (χ1) is 14.7. The van der Waals surface area contributed by atoms with E-state index < -0.39 is 0 Å². The van der Waals surface area contributed by atoms with Crippen molar-refractivity contribution in [3.8, 4) is 11.6 Å². The molecule has 0 bridgehead atoms. The van der Waals surface area contributed by atoms with Crippen molar-refractivity contribution in [3.05, 3.63) is 76.7 Å². The zero-order valence-electron chi connectivity index (χ0n) is 15.6. The molecular formula is C20H17N5O3S2. The molecule has 0 aliphatic heterocycles. The van der Waals surface area contributed by atoms with E-state index in [-0.39, 0.29) is 17.6 Å². The van der Waals surface area contributed by atoms with Gasteiger partial charge >= 0.3 is 0 Å². The van der Waals surface area contributed by atoms with Crippen molar-refractivity contribution in [2.45, 2.75) is 11.7 Å². The number of carbonyl (C=O) groups is 2. The second kappa shape index (κ2) is 9.42. The Balaban J connectivity index is 1.43. The van der Waals surface area contributed by atoms with E-state index in [9.17, 15) is 9.59 Å². The Labute approximate surface area is 180 Å². The molecule has 3 heterocycles. The number of nitrogens with one attached hydrogen (secondary N) is 2. The van der Waals surface area contributed by atoms with Gasteiger partial charge in [0.05, 0.1) is 23.4 Å². The number of furan rings is 1. The Bertz CT molecular complexity index is 1110. The number of hydrogen-bond acceptors (Lipinski definition) is 7. The first-order valence-corrected chi connectivity index (χ1v) is 10.8. The SMILES string of the molecule is O=C(CSc1nnc(-c2ccco2)n1Cc1ccccc1)NNC(=O)c1cccs1. The number of thiophene rings is 1. The molecule has 4 rings (SSSR count). The maximum Gasteiger partial charge on any atom is 0.279 e. The van der Waals surface area contributed by atoms with Gasteiger partial charge in [-0.1, -0.05) is 48.2 Å². The number of hydrazine groups is 1. The summed E-state index contributed by atoms with van der Waals surface area (Å²) < 4.78 is 7.38. The maximum absolute atomic E-state index is 12.2. The highest BCUT2D eigenvalue weighted by Gasteiger charge is 2.18. The first kappa shape index (κ1) is 19.9. The molecule has 0 spiro atoms. The molecule has 0 unspecified atom stereocenters. The van der Waals surface area contributed by atoms with Gasteiger partial charge in [-0.15, -0.1) is 21.5 Å². The molecule has 0 aliphatic carbocycles. The molecule has 0 fully saturated rings. The summed E-state index contributed by atoms with van der Waals surface area (Å²) in [6, 6.07) is 16.9. The van der Waals surface area contributed by atoms with Crippen LogP contribution < -0.4 is 10.9 Å². The van der Waals surface area contributed by atoms with E-state index in [1.165, 1.54) is 23.1 Å². The monoisotopic (exact) mass is 439 g/mol. The van der Waals surface area contributed by atoms with Crippen LogP contribution >= 0.6 is 23.1 Å². The molecule has 4 aromatic rings. The number of thioether (sulfide) groups is 1. The smallest absolute Gasteiger partial charge is 0.279 e. The van der Waals surface area contributed by atoms with E-state index >= 15 is 0 Å². The summed E-state index contributed by atoms with van der Waals surface area (Å²) in [5.74, 6) is 0.542. The van der Waals surface area contributed by atoms with Crippen LogP contribution in [-0.2, 0) is 11.3 Å². The van der Waals surface area contributed by atoms with Gasteiger partial charge in [0.1, 0.15) is 0 Å². The Morgan fingerprint density at radius 3 is 2.63 bits per heavy atom. The van der Waals surface area contributed by atoms with Gasteiger partial charge in [-0.3, -0.25) is 25.0 Å². The lowest BCUT2D eigenvalue weighted by molar-refractivity contribution is -0.119. The Morgan fingerprint density at radius 1 is 1.03 bits per heavy atom. The van der Waals surface area contributed by atoms with Gasteiger partial charge in [0.2, 0.25) is 11.7 Å². The normalized spacial score (nSPS) is 10.7. The van der Waals surface area contributed by atoms with Crippen molar-refractivity contribution < 1.29 is 14.0 Å². The summed E-state index contributed by atoms with van der Waals surface area (Å²) in [4.78, 5) is 24.6. The van der Waals surface area contributed by atoms with Crippen LogP contribution in [0, 0.1) is 0 Å². The predicted octanol–water partition coefficient (Wildman–Crippen LogP) is 3.20. The molecular weight excluding hydrogens is 422 g/mol. The lowest BCUT2D eigenvalue weighted by atomic mass is 10.2. The summed E-state index contributed by atoms with van der Waals surface area (Å²) in [6.07, 6.45) is 1.58. The molecule has 0 saturated carbocycles. The average molecular weight is 440 g/mol. The summed E-state index contributed by atoms with van der Waals surface area (Å²) in [5.41, 5.74) is 5.89. The summed E-state index contributed by atoms with van der Waals surface area (Å²) in [6.45, 7) is 0.531. The van der Waals surface area contributed by atoms with Crippen LogP contribution in [0.5, 0.6) is 0 Å². The third-order valence-corrected chi connectivity index (χ3v) is 5.87.